The minimum absolute atomic E-state index is 0.0228. The highest BCUT2D eigenvalue weighted by molar-refractivity contribution is 7.76. The number of halogens is 1. The van der Waals surface area contributed by atoms with Crippen LogP contribution in [0.5, 0.6) is 0 Å². The van der Waals surface area contributed by atoms with Gasteiger partial charge in [-0.2, -0.15) is 0 Å². The second-order valence-corrected chi connectivity index (χ2v) is 3.65. The summed E-state index contributed by atoms with van der Waals surface area (Å²) in [6, 6.07) is 9.28. The summed E-state index contributed by atoms with van der Waals surface area (Å²) in [7, 11) is 0. The Morgan fingerprint density at radius 1 is 1.38 bits per heavy atom. The molecule has 0 radical (unpaired) electrons. The molecule has 0 aromatic heterocycles. The van der Waals surface area contributed by atoms with E-state index in [1.54, 1.807) is 0 Å². The van der Waals surface area contributed by atoms with Crippen molar-refractivity contribution < 1.29 is 8.76 Å². The van der Waals surface area contributed by atoms with Crippen LogP contribution in [0.3, 0.4) is 0 Å². The molecule has 13 heavy (non-hydrogen) atoms. The molecular weight excluding hydrogens is 210 g/mol. The van der Waals surface area contributed by atoms with Crippen LogP contribution in [0.25, 0.3) is 0 Å². The first-order valence-electron chi connectivity index (χ1n) is 3.68. The van der Waals surface area contributed by atoms with Crippen LogP contribution in [0.4, 0.5) is 0 Å². The molecule has 0 saturated heterocycles. The van der Waals surface area contributed by atoms with Crippen LogP contribution in [0, 0.1) is 0 Å². The molecule has 3 nitrogen and oxygen atoms in total. The van der Waals surface area contributed by atoms with Crippen molar-refractivity contribution in [3.8, 4) is 0 Å². The molecule has 1 unspecified atom stereocenters. The number of nitrogens with zero attached hydrogens (tertiary/aromatic N) is 1. The number of rotatable bonds is 4. The lowest BCUT2D eigenvalue weighted by molar-refractivity contribution is 0.420. The summed E-state index contributed by atoms with van der Waals surface area (Å²) >= 11 is 3.19. The quantitative estimate of drug-likeness (QED) is 0.437. The van der Waals surface area contributed by atoms with Crippen LogP contribution in [0.15, 0.2) is 30.3 Å². The lowest BCUT2D eigenvalue weighted by Gasteiger charge is -2.20. The van der Waals surface area contributed by atoms with Gasteiger partial charge in [-0.3, -0.25) is 4.21 Å². The van der Waals surface area contributed by atoms with E-state index in [0.717, 1.165) is 9.87 Å². The molecule has 1 rings (SSSR count). The molecule has 1 atom stereocenters. The van der Waals surface area contributed by atoms with Crippen LogP contribution >= 0.6 is 11.6 Å². The Bertz CT molecular complexity index is 281. The Kier molecular flexibility index (Phi) is 4.38. The maximum atomic E-state index is 10.6. The minimum Gasteiger partial charge on any atom is -0.760 e. The van der Waals surface area contributed by atoms with Crippen LogP contribution in [-0.2, 0) is 17.8 Å². The molecule has 0 fully saturated rings. The van der Waals surface area contributed by atoms with Gasteiger partial charge in [0.05, 0.1) is 6.00 Å². The van der Waals surface area contributed by atoms with E-state index in [2.05, 4.69) is 0 Å². The fraction of sp³-hybridized carbons (Fsp3) is 0.250. The molecule has 0 bridgehead atoms. The van der Waals surface area contributed by atoms with E-state index >= 15 is 0 Å². The van der Waals surface area contributed by atoms with E-state index in [-0.39, 0.29) is 6.00 Å². The first-order valence-corrected chi connectivity index (χ1v) is 5.25. The van der Waals surface area contributed by atoms with Crippen LogP contribution in [0.2, 0.25) is 0 Å². The Morgan fingerprint density at radius 3 is 2.46 bits per heavy atom. The van der Waals surface area contributed by atoms with Crippen LogP contribution in [0.1, 0.15) is 5.56 Å². The van der Waals surface area contributed by atoms with Crippen molar-refractivity contribution in [3.63, 3.8) is 0 Å². The van der Waals surface area contributed by atoms with E-state index in [1.807, 2.05) is 30.3 Å². The van der Waals surface area contributed by atoms with Crippen molar-refractivity contribution in [1.29, 1.82) is 0 Å². The van der Waals surface area contributed by atoms with E-state index in [0.29, 0.717) is 6.54 Å². The monoisotopic (exact) mass is 218 g/mol. The minimum atomic E-state index is -2.25. The number of hydrogen-bond acceptors (Lipinski definition) is 2. The third kappa shape index (κ3) is 3.44. The molecule has 0 aliphatic rings. The zero-order valence-electron chi connectivity index (χ0n) is 6.85. The lowest BCUT2D eigenvalue weighted by Crippen LogP contribution is -2.23. The fourth-order valence-corrected chi connectivity index (χ4v) is 1.58. The lowest BCUT2D eigenvalue weighted by atomic mass is 10.2. The van der Waals surface area contributed by atoms with Gasteiger partial charge in [0.25, 0.3) is 0 Å². The van der Waals surface area contributed by atoms with Gasteiger partial charge in [-0.15, -0.1) is 11.6 Å². The predicted octanol–water partition coefficient (Wildman–Crippen LogP) is 1.48. The van der Waals surface area contributed by atoms with Gasteiger partial charge in [0, 0.05) is 17.8 Å². The van der Waals surface area contributed by atoms with Crippen molar-refractivity contribution in [3.05, 3.63) is 35.9 Å². The van der Waals surface area contributed by atoms with Gasteiger partial charge in [0.15, 0.2) is 0 Å². The molecule has 0 aliphatic heterocycles. The van der Waals surface area contributed by atoms with Gasteiger partial charge in [0.2, 0.25) is 0 Å². The maximum absolute atomic E-state index is 10.6. The normalized spacial score (nSPS) is 13.2. The number of alkyl halides is 1. The first-order chi connectivity index (χ1) is 6.24. The molecule has 0 saturated carbocycles. The molecule has 0 N–H and O–H groups in total. The maximum Gasteiger partial charge on any atom is 0.0850 e. The average Bonchev–Trinajstić information content (AvgIpc) is 2.15. The standard InChI is InChI=1S/C8H10ClNO2S/c9-7-10(13(11)12)6-8-4-2-1-3-5-8/h1-5H,6-7H2,(H,11,12)/p-1. The molecule has 0 aliphatic carbocycles. The molecule has 0 spiro atoms. The topological polar surface area (TPSA) is 43.4 Å². The SMILES string of the molecule is O=S([O-])N(CCl)Cc1ccccc1. The zero-order chi connectivity index (χ0) is 9.68. The Balaban J connectivity index is 2.62. The Morgan fingerprint density at radius 2 is 2.00 bits per heavy atom. The van der Waals surface area contributed by atoms with Crippen molar-refractivity contribution in [2.45, 2.75) is 6.54 Å². The Hall–Kier alpha value is -0.420. The molecule has 1 aromatic rings. The number of hydrogen-bond donors (Lipinski definition) is 0. The predicted molar refractivity (Wildman–Crippen MR) is 51.6 cm³/mol. The van der Waals surface area contributed by atoms with Crippen molar-refractivity contribution in [2.24, 2.45) is 0 Å². The summed E-state index contributed by atoms with van der Waals surface area (Å²) in [6.45, 7) is 0.320. The highest BCUT2D eigenvalue weighted by Gasteiger charge is 2.03. The molecule has 5 heteroatoms. The van der Waals surface area contributed by atoms with Gasteiger partial charge >= 0.3 is 0 Å². The average molecular weight is 219 g/mol. The van der Waals surface area contributed by atoms with Gasteiger partial charge in [-0.25, -0.2) is 4.31 Å². The van der Waals surface area contributed by atoms with Crippen LogP contribution in [-0.4, -0.2) is 19.1 Å². The molecule has 72 valence electrons. The summed E-state index contributed by atoms with van der Waals surface area (Å²) in [4.78, 5) is 0. The molecular formula is C8H9ClNO2S-. The van der Waals surface area contributed by atoms with Crippen LogP contribution < -0.4 is 0 Å². The van der Waals surface area contributed by atoms with Gasteiger partial charge in [-0.1, -0.05) is 30.3 Å². The van der Waals surface area contributed by atoms with Gasteiger partial charge in [-0.05, 0) is 5.56 Å². The summed E-state index contributed by atoms with van der Waals surface area (Å²) in [5.74, 6) is 0. The number of benzene rings is 1. The zero-order valence-corrected chi connectivity index (χ0v) is 8.42. The third-order valence-electron chi connectivity index (χ3n) is 1.55. The van der Waals surface area contributed by atoms with E-state index in [9.17, 15) is 8.76 Å². The highest BCUT2D eigenvalue weighted by atomic mass is 35.5. The van der Waals surface area contributed by atoms with E-state index in [1.165, 1.54) is 0 Å². The largest absolute Gasteiger partial charge is 0.760 e. The summed E-state index contributed by atoms with van der Waals surface area (Å²) in [5.41, 5.74) is 0.923. The smallest absolute Gasteiger partial charge is 0.0850 e. The van der Waals surface area contributed by atoms with Crippen molar-refractivity contribution >= 4 is 22.9 Å². The first kappa shape index (κ1) is 10.7. The van der Waals surface area contributed by atoms with Crippen molar-refractivity contribution in [2.75, 3.05) is 6.00 Å². The molecule has 0 heterocycles. The summed E-state index contributed by atoms with van der Waals surface area (Å²) in [5, 5.41) is 0. The third-order valence-corrected chi connectivity index (χ3v) is 2.66. The summed E-state index contributed by atoms with van der Waals surface area (Å²) in [6.07, 6.45) is 0. The summed E-state index contributed by atoms with van der Waals surface area (Å²) < 4.78 is 22.3. The van der Waals surface area contributed by atoms with Crippen molar-refractivity contribution in [1.82, 2.24) is 4.31 Å². The highest BCUT2D eigenvalue weighted by Crippen LogP contribution is 2.06. The van der Waals surface area contributed by atoms with Gasteiger partial charge in [0.1, 0.15) is 0 Å². The fourth-order valence-electron chi connectivity index (χ4n) is 0.922. The second-order valence-electron chi connectivity index (χ2n) is 2.46. The van der Waals surface area contributed by atoms with Gasteiger partial charge < -0.3 is 4.55 Å². The molecule has 0 amide bonds. The second kappa shape index (κ2) is 5.34. The van der Waals surface area contributed by atoms with E-state index in [4.69, 9.17) is 11.6 Å². The molecule has 1 aromatic carbocycles. The van der Waals surface area contributed by atoms with E-state index < -0.39 is 11.3 Å². The Labute approximate surface area is 84.7 Å².